The van der Waals surface area contributed by atoms with E-state index >= 15 is 0 Å². The van der Waals surface area contributed by atoms with Gasteiger partial charge in [0.15, 0.2) is 8.32 Å². The van der Waals surface area contributed by atoms with Crippen LogP contribution in [0.4, 0.5) is 0 Å². The SMILES string of the molecule is CC1(C)CCCC2(C1)OC(CO[Si](C)(C)C(C)(C)C)c1ccccc12. The summed E-state index contributed by atoms with van der Waals surface area (Å²) in [5.74, 6) is 0. The van der Waals surface area contributed by atoms with E-state index in [1.165, 1.54) is 24.0 Å². The van der Waals surface area contributed by atoms with Gasteiger partial charge in [-0.15, -0.1) is 0 Å². The van der Waals surface area contributed by atoms with E-state index in [0.29, 0.717) is 12.0 Å². The van der Waals surface area contributed by atoms with Gasteiger partial charge in [0.2, 0.25) is 0 Å². The molecular weight excluding hydrogens is 324 g/mol. The lowest BCUT2D eigenvalue weighted by Gasteiger charge is -2.43. The first-order valence-corrected chi connectivity index (χ1v) is 12.8. The van der Waals surface area contributed by atoms with E-state index in [9.17, 15) is 0 Å². The molecule has 2 atom stereocenters. The minimum Gasteiger partial charge on any atom is -0.414 e. The minimum absolute atomic E-state index is 0.0826. The van der Waals surface area contributed by atoms with Crippen molar-refractivity contribution in [1.82, 2.24) is 0 Å². The van der Waals surface area contributed by atoms with E-state index < -0.39 is 8.32 Å². The van der Waals surface area contributed by atoms with Crippen LogP contribution in [0, 0.1) is 5.41 Å². The van der Waals surface area contributed by atoms with Gasteiger partial charge in [-0.25, -0.2) is 0 Å². The van der Waals surface area contributed by atoms with E-state index in [2.05, 4.69) is 72.0 Å². The maximum Gasteiger partial charge on any atom is 0.192 e. The molecule has 1 saturated carbocycles. The fourth-order valence-corrected chi connectivity index (χ4v) is 5.35. The molecule has 3 rings (SSSR count). The lowest BCUT2D eigenvalue weighted by Crippen LogP contribution is -2.42. The van der Waals surface area contributed by atoms with Crippen LogP contribution in [0.25, 0.3) is 0 Å². The number of hydrogen-bond donors (Lipinski definition) is 0. The van der Waals surface area contributed by atoms with Gasteiger partial charge in [-0.1, -0.05) is 58.9 Å². The largest absolute Gasteiger partial charge is 0.414 e. The minimum atomic E-state index is -1.76. The van der Waals surface area contributed by atoms with Crippen molar-refractivity contribution in [1.29, 1.82) is 0 Å². The van der Waals surface area contributed by atoms with Crippen LogP contribution in [0.1, 0.15) is 77.5 Å². The molecule has 0 amide bonds. The third kappa shape index (κ3) is 3.61. The molecule has 2 aliphatic rings. The quantitative estimate of drug-likeness (QED) is 0.567. The second-order valence-electron chi connectivity index (χ2n) is 10.5. The third-order valence-electron chi connectivity index (χ3n) is 6.77. The van der Waals surface area contributed by atoms with Gasteiger partial charge in [0.05, 0.1) is 12.2 Å². The lowest BCUT2D eigenvalue weighted by molar-refractivity contribution is -0.132. The highest BCUT2D eigenvalue weighted by Gasteiger charge is 2.50. The Morgan fingerprint density at radius 2 is 1.84 bits per heavy atom. The summed E-state index contributed by atoms with van der Waals surface area (Å²) in [4.78, 5) is 0. The molecule has 2 unspecified atom stereocenters. The highest BCUT2D eigenvalue weighted by molar-refractivity contribution is 6.74. The monoisotopic (exact) mass is 360 g/mol. The Bertz CT molecular complexity index is 629. The van der Waals surface area contributed by atoms with Crippen LogP contribution in [0.5, 0.6) is 0 Å². The molecule has 1 aliphatic carbocycles. The van der Waals surface area contributed by atoms with Gasteiger partial charge >= 0.3 is 0 Å². The summed E-state index contributed by atoms with van der Waals surface area (Å²) in [7, 11) is -1.76. The van der Waals surface area contributed by atoms with Crippen LogP contribution in [0.3, 0.4) is 0 Å². The summed E-state index contributed by atoms with van der Waals surface area (Å²) in [5, 5.41) is 0.232. The fraction of sp³-hybridized carbons (Fsp3) is 0.727. The number of ether oxygens (including phenoxy) is 1. The molecule has 0 N–H and O–H groups in total. The molecule has 1 aromatic carbocycles. The van der Waals surface area contributed by atoms with Crippen LogP contribution in [0.2, 0.25) is 18.1 Å². The van der Waals surface area contributed by atoms with E-state index in [4.69, 9.17) is 9.16 Å². The molecule has 1 aliphatic heterocycles. The molecule has 0 aromatic heterocycles. The molecule has 1 spiro atoms. The van der Waals surface area contributed by atoms with Gasteiger partial charge in [-0.05, 0) is 60.4 Å². The standard InChI is InChI=1S/C22H36O2Si/c1-20(2,3)25(6,7)23-15-19-17-11-8-9-12-18(17)22(24-19)14-10-13-21(4,5)16-22/h8-9,11-12,19H,10,13-16H2,1-7H3. The van der Waals surface area contributed by atoms with Crippen molar-refractivity contribution in [3.05, 3.63) is 35.4 Å². The molecule has 1 heterocycles. The van der Waals surface area contributed by atoms with E-state index in [1.807, 2.05) is 0 Å². The summed E-state index contributed by atoms with van der Waals surface area (Å²) >= 11 is 0. The van der Waals surface area contributed by atoms with E-state index in [1.54, 1.807) is 0 Å². The molecule has 3 heteroatoms. The van der Waals surface area contributed by atoms with E-state index in [0.717, 1.165) is 12.8 Å². The number of hydrogen-bond acceptors (Lipinski definition) is 2. The Morgan fingerprint density at radius 1 is 1.16 bits per heavy atom. The predicted molar refractivity (Wildman–Crippen MR) is 107 cm³/mol. The third-order valence-corrected chi connectivity index (χ3v) is 11.3. The number of benzene rings is 1. The highest BCUT2D eigenvalue weighted by Crippen LogP contribution is 2.55. The van der Waals surface area contributed by atoms with Crippen LogP contribution in [-0.4, -0.2) is 14.9 Å². The highest BCUT2D eigenvalue weighted by atomic mass is 28.4. The van der Waals surface area contributed by atoms with Crippen molar-refractivity contribution >= 4 is 8.32 Å². The number of fused-ring (bicyclic) bond motifs is 2. The second-order valence-corrected chi connectivity index (χ2v) is 15.3. The first-order chi connectivity index (χ1) is 11.5. The lowest BCUT2D eigenvalue weighted by atomic mass is 9.67. The summed E-state index contributed by atoms with van der Waals surface area (Å²) in [5.41, 5.74) is 3.03. The molecule has 2 nitrogen and oxygen atoms in total. The van der Waals surface area contributed by atoms with Crippen molar-refractivity contribution in [3.8, 4) is 0 Å². The number of rotatable bonds is 3. The molecule has 140 valence electrons. The van der Waals surface area contributed by atoms with Crippen molar-refractivity contribution in [2.75, 3.05) is 6.61 Å². The zero-order chi connectivity index (χ0) is 18.5. The first kappa shape index (κ1) is 19.1. The Labute approximate surface area is 155 Å². The normalized spacial score (nSPS) is 29.0. The van der Waals surface area contributed by atoms with Crippen LogP contribution in [-0.2, 0) is 14.8 Å². The maximum absolute atomic E-state index is 6.80. The first-order valence-electron chi connectivity index (χ1n) is 9.87. The molecule has 0 bridgehead atoms. The average molecular weight is 361 g/mol. The van der Waals surface area contributed by atoms with Crippen molar-refractivity contribution < 1.29 is 9.16 Å². The smallest absolute Gasteiger partial charge is 0.192 e. The molecule has 25 heavy (non-hydrogen) atoms. The zero-order valence-electron chi connectivity index (χ0n) is 17.2. The van der Waals surface area contributed by atoms with Crippen molar-refractivity contribution in [3.63, 3.8) is 0 Å². The summed E-state index contributed by atoms with van der Waals surface area (Å²) in [6, 6.07) is 8.87. The van der Waals surface area contributed by atoms with E-state index in [-0.39, 0.29) is 16.7 Å². The molecule has 1 aromatic rings. The molecule has 1 fully saturated rings. The van der Waals surface area contributed by atoms with Crippen LogP contribution < -0.4 is 0 Å². The molecular formula is C22H36O2Si. The van der Waals surface area contributed by atoms with Crippen molar-refractivity contribution in [2.24, 2.45) is 5.41 Å². The van der Waals surface area contributed by atoms with Crippen LogP contribution >= 0.6 is 0 Å². The fourth-order valence-electron chi connectivity index (χ4n) is 4.35. The topological polar surface area (TPSA) is 18.5 Å². The predicted octanol–water partition coefficient (Wildman–Crippen LogP) is 6.58. The Balaban J connectivity index is 1.84. The van der Waals surface area contributed by atoms with Gasteiger partial charge in [0, 0.05) is 0 Å². The van der Waals surface area contributed by atoms with Gasteiger partial charge < -0.3 is 9.16 Å². The zero-order valence-corrected chi connectivity index (χ0v) is 18.2. The van der Waals surface area contributed by atoms with Gasteiger partial charge in [-0.2, -0.15) is 0 Å². The Morgan fingerprint density at radius 3 is 2.48 bits per heavy atom. The molecule has 0 saturated heterocycles. The summed E-state index contributed by atoms with van der Waals surface area (Å²) < 4.78 is 13.3. The Kier molecular flexibility index (Phi) is 4.75. The van der Waals surface area contributed by atoms with Gasteiger partial charge in [-0.3, -0.25) is 0 Å². The van der Waals surface area contributed by atoms with Gasteiger partial charge in [0.25, 0.3) is 0 Å². The molecule has 0 radical (unpaired) electrons. The summed E-state index contributed by atoms with van der Waals surface area (Å²) in [6.45, 7) is 17.0. The summed E-state index contributed by atoms with van der Waals surface area (Å²) in [6.07, 6.45) is 4.89. The average Bonchev–Trinajstić information content (AvgIpc) is 2.77. The second kappa shape index (κ2) is 6.21. The van der Waals surface area contributed by atoms with Gasteiger partial charge in [0.1, 0.15) is 6.10 Å². The van der Waals surface area contributed by atoms with Crippen molar-refractivity contribution in [2.45, 2.75) is 90.1 Å². The maximum atomic E-state index is 6.80. The van der Waals surface area contributed by atoms with Crippen LogP contribution in [0.15, 0.2) is 24.3 Å². The Hall–Kier alpha value is -0.643.